The second-order valence-electron chi connectivity index (χ2n) is 17.0. The predicted octanol–water partition coefficient (Wildman–Crippen LogP) is 3.20. The molecular weight excluding hydrogens is 969 g/mol. The van der Waals surface area contributed by atoms with Crippen molar-refractivity contribution in [3.05, 3.63) is 141 Å². The van der Waals surface area contributed by atoms with Gasteiger partial charge in [0.25, 0.3) is 23.6 Å². The molecule has 0 aliphatic heterocycles. The van der Waals surface area contributed by atoms with Crippen LogP contribution in [0.4, 0.5) is 11.9 Å². The van der Waals surface area contributed by atoms with Crippen LogP contribution in [0.15, 0.2) is 73.3 Å². The van der Waals surface area contributed by atoms with Gasteiger partial charge >= 0.3 is 11.9 Å². The summed E-state index contributed by atoms with van der Waals surface area (Å²) in [4.78, 5) is 108. The highest BCUT2D eigenvalue weighted by molar-refractivity contribution is 6.00. The smallest absolute Gasteiger partial charge is 0.330 e. The summed E-state index contributed by atoms with van der Waals surface area (Å²) in [6.45, 7) is 10.7. The number of rotatable bonds is 22. The molecule has 9 N–H and O–H groups in total. The normalized spacial score (nSPS) is 11.4. The number of esters is 1. The fourth-order valence-corrected chi connectivity index (χ4v) is 7.24. The maximum absolute atomic E-state index is 13.1. The Bertz CT molecular complexity index is 2930. The van der Waals surface area contributed by atoms with Crippen LogP contribution in [-0.2, 0) is 27.2 Å². The van der Waals surface area contributed by atoms with Gasteiger partial charge in [0.2, 0.25) is 11.9 Å². The van der Waals surface area contributed by atoms with Gasteiger partial charge in [0.1, 0.15) is 35.0 Å². The van der Waals surface area contributed by atoms with Crippen molar-refractivity contribution in [2.24, 2.45) is 0 Å². The second-order valence-corrected chi connectivity index (χ2v) is 17.0. The van der Waals surface area contributed by atoms with Crippen LogP contribution in [0, 0.1) is 41.5 Å². The third kappa shape index (κ3) is 17.5. The summed E-state index contributed by atoms with van der Waals surface area (Å²) >= 11 is 0. The minimum absolute atomic E-state index is 0.0335. The highest BCUT2D eigenvalue weighted by Gasteiger charge is 2.27. The molecule has 6 aromatic rings. The molecule has 75 heavy (non-hydrogen) atoms. The fourth-order valence-electron chi connectivity index (χ4n) is 7.24. The molecular formula is C51H60N14O10. The van der Waals surface area contributed by atoms with Gasteiger partial charge in [0.15, 0.2) is 0 Å². The number of amides is 4. The van der Waals surface area contributed by atoms with Crippen LogP contribution in [-0.4, -0.2) is 136 Å². The minimum Gasteiger partial charge on any atom is -0.508 e. The lowest BCUT2D eigenvalue weighted by molar-refractivity contribution is -0.142. The van der Waals surface area contributed by atoms with Crippen LogP contribution in [0.3, 0.4) is 0 Å². The molecule has 4 heterocycles. The van der Waals surface area contributed by atoms with E-state index >= 15 is 0 Å². The number of benzene rings is 2. The third-order valence-corrected chi connectivity index (χ3v) is 11.0. The van der Waals surface area contributed by atoms with E-state index in [0.717, 1.165) is 36.8 Å². The third-order valence-electron chi connectivity index (χ3n) is 11.0. The number of phenolic OH excluding ortho intramolecular Hbond substituents is 2. The SMILES string of the molecule is COC(=O)[C@H](CNC(=O)c1cnc(C)cn1)NC(=O)c1c(C)nc(NCCCc2cccc(O)c2)nc1C.Cc1cnc(C(=O)NC[C@H](NC(=O)c2c(C)nc(NCCCc3cccc(O)c3)nc2C)C(=O)O)cn1. The van der Waals surface area contributed by atoms with Gasteiger partial charge in [-0.1, -0.05) is 24.3 Å². The number of ether oxygens (including phenoxy) is 1. The topological polar surface area (TPSA) is 348 Å². The first-order chi connectivity index (χ1) is 35.8. The molecule has 0 aliphatic rings. The number of nitrogens with zero attached hydrogens (tertiary/aromatic N) is 8. The number of carbonyl (C=O) groups excluding carboxylic acids is 5. The molecule has 6 rings (SSSR count). The second kappa shape index (κ2) is 27.6. The Morgan fingerprint density at radius 1 is 0.547 bits per heavy atom. The Morgan fingerprint density at radius 2 is 0.947 bits per heavy atom. The summed E-state index contributed by atoms with van der Waals surface area (Å²) in [6, 6.07) is 11.6. The van der Waals surface area contributed by atoms with Crippen LogP contribution in [0.2, 0.25) is 0 Å². The Labute approximate surface area is 432 Å². The largest absolute Gasteiger partial charge is 0.508 e. The number of aryl methyl sites for hydroxylation is 8. The summed E-state index contributed by atoms with van der Waals surface area (Å²) in [5, 5.41) is 44.9. The highest BCUT2D eigenvalue weighted by Crippen LogP contribution is 2.17. The number of hydrogen-bond acceptors (Lipinski definition) is 19. The van der Waals surface area contributed by atoms with Gasteiger partial charge in [-0.05, 0) is 103 Å². The first kappa shape index (κ1) is 56.7. The molecule has 0 radical (unpaired) electrons. The molecule has 2 aromatic carbocycles. The summed E-state index contributed by atoms with van der Waals surface area (Å²) in [5.74, 6) is -3.25. The first-order valence-corrected chi connectivity index (χ1v) is 23.6. The predicted molar refractivity (Wildman–Crippen MR) is 273 cm³/mol. The van der Waals surface area contributed by atoms with E-state index in [-0.39, 0.29) is 47.1 Å². The molecule has 4 amide bonds. The summed E-state index contributed by atoms with van der Waals surface area (Å²) < 4.78 is 4.79. The molecule has 2 atom stereocenters. The molecule has 0 bridgehead atoms. The Kier molecular flexibility index (Phi) is 20.8. The van der Waals surface area contributed by atoms with Crippen molar-refractivity contribution < 1.29 is 48.8 Å². The Morgan fingerprint density at radius 3 is 1.31 bits per heavy atom. The molecule has 0 fully saturated rings. The van der Waals surface area contributed by atoms with Gasteiger partial charge in [-0.3, -0.25) is 29.1 Å². The Balaban J connectivity index is 0.000000277. The number of aromatic nitrogens is 8. The van der Waals surface area contributed by atoms with Crippen molar-refractivity contribution >= 4 is 47.5 Å². The lowest BCUT2D eigenvalue weighted by Gasteiger charge is -2.18. The van der Waals surface area contributed by atoms with Crippen LogP contribution in [0.1, 0.15) is 99.8 Å². The van der Waals surface area contributed by atoms with E-state index in [0.29, 0.717) is 59.1 Å². The van der Waals surface area contributed by atoms with E-state index in [1.165, 1.54) is 31.9 Å². The summed E-state index contributed by atoms with van der Waals surface area (Å²) in [7, 11) is 1.19. The zero-order valence-corrected chi connectivity index (χ0v) is 42.5. The molecule has 0 spiro atoms. The zero-order valence-electron chi connectivity index (χ0n) is 42.5. The number of anilines is 2. The number of phenols is 2. The lowest BCUT2D eigenvalue weighted by atomic mass is 10.1. The lowest BCUT2D eigenvalue weighted by Crippen LogP contribution is -2.49. The van der Waals surface area contributed by atoms with Crippen LogP contribution >= 0.6 is 0 Å². The standard InChI is InChI=1S/C26H31N7O5.C25H29N7O5/c1-15-12-29-20(13-28-15)23(35)30-14-21(25(37)38-4)33-24(36)22-16(2)31-26(32-17(22)3)27-10-6-8-18-7-5-9-19(34)11-18;1-14-11-28-19(12-27-14)22(34)29-13-20(24(36)37)32-23(35)21-15(2)30-25(31-16(21)3)26-9-5-7-17-6-4-8-18(33)10-17/h5,7,9,11-13,21,34H,6,8,10,14H2,1-4H3,(H,30,35)(H,33,36)(H,27,31,32);4,6,8,10-12,20,33H,5,7,9,13H2,1-3H3,(H,29,34)(H,32,35)(H,36,37)(H,26,30,31)/t21-;20-/m00/s1. The number of aliphatic carboxylic acids is 1. The maximum atomic E-state index is 13.1. The molecule has 0 aliphatic carbocycles. The van der Waals surface area contributed by atoms with E-state index in [2.05, 4.69) is 71.8 Å². The maximum Gasteiger partial charge on any atom is 0.330 e. The summed E-state index contributed by atoms with van der Waals surface area (Å²) in [5.41, 5.74) is 5.43. The van der Waals surface area contributed by atoms with Gasteiger partial charge in [-0.2, -0.15) is 0 Å². The van der Waals surface area contributed by atoms with Crippen molar-refractivity contribution in [2.45, 2.75) is 79.3 Å². The number of hydrogen-bond donors (Lipinski definition) is 9. The van der Waals surface area contributed by atoms with Gasteiger partial charge in [0.05, 0.1) is 64.8 Å². The number of carboxylic acids is 1. The van der Waals surface area contributed by atoms with Crippen molar-refractivity contribution in [3.63, 3.8) is 0 Å². The molecule has 4 aromatic heterocycles. The van der Waals surface area contributed by atoms with Crippen molar-refractivity contribution in [2.75, 3.05) is 43.9 Å². The average Bonchev–Trinajstić information content (AvgIpc) is 3.36. The van der Waals surface area contributed by atoms with Gasteiger partial charge in [0, 0.05) is 38.6 Å². The van der Waals surface area contributed by atoms with Crippen LogP contribution in [0.25, 0.3) is 0 Å². The molecule has 0 saturated carbocycles. The van der Waals surface area contributed by atoms with E-state index in [1.807, 2.05) is 12.1 Å². The molecule has 24 heteroatoms. The van der Waals surface area contributed by atoms with Crippen LogP contribution < -0.4 is 31.9 Å². The molecule has 394 valence electrons. The van der Waals surface area contributed by atoms with E-state index in [9.17, 15) is 44.1 Å². The van der Waals surface area contributed by atoms with Gasteiger partial charge in [-0.25, -0.2) is 39.5 Å². The fraction of sp³-hybridized carbons (Fsp3) is 0.333. The van der Waals surface area contributed by atoms with Gasteiger partial charge in [-0.15, -0.1) is 0 Å². The van der Waals surface area contributed by atoms with Crippen molar-refractivity contribution in [1.29, 1.82) is 0 Å². The number of carboxylic acid groups (broad SMARTS) is 1. The Hall–Kier alpha value is -9.22. The minimum atomic E-state index is -1.39. The number of aromatic hydroxyl groups is 2. The number of carbonyl (C=O) groups is 6. The molecule has 0 saturated heterocycles. The highest BCUT2D eigenvalue weighted by atomic mass is 16.5. The van der Waals surface area contributed by atoms with E-state index < -0.39 is 47.7 Å². The average molecular weight is 1030 g/mol. The summed E-state index contributed by atoms with van der Waals surface area (Å²) in [6.07, 6.45) is 8.55. The van der Waals surface area contributed by atoms with Gasteiger partial charge < -0.3 is 52.0 Å². The quantitative estimate of drug-likeness (QED) is 0.0348. The first-order valence-electron chi connectivity index (χ1n) is 23.6. The molecule has 24 nitrogen and oxygen atoms in total. The monoisotopic (exact) mass is 1030 g/mol. The van der Waals surface area contributed by atoms with Crippen molar-refractivity contribution in [3.8, 4) is 11.5 Å². The number of methoxy groups -OCH3 is 1. The van der Waals surface area contributed by atoms with E-state index in [1.54, 1.807) is 77.9 Å². The van der Waals surface area contributed by atoms with E-state index in [4.69, 9.17) is 4.74 Å². The number of nitrogens with one attached hydrogen (secondary N) is 6. The van der Waals surface area contributed by atoms with Crippen LogP contribution in [0.5, 0.6) is 11.5 Å². The zero-order chi connectivity index (χ0) is 54.6. The molecule has 0 unspecified atom stereocenters. The van der Waals surface area contributed by atoms with Crippen molar-refractivity contribution in [1.82, 2.24) is 61.1 Å².